The molecule has 4 heterocycles. The Morgan fingerprint density at radius 3 is 2.97 bits per heavy atom. The predicted octanol–water partition coefficient (Wildman–Crippen LogP) is 3.02. The zero-order chi connectivity index (χ0) is 19.8. The molecule has 1 saturated heterocycles. The van der Waals surface area contributed by atoms with Crippen molar-refractivity contribution in [1.29, 1.82) is 0 Å². The Hall–Kier alpha value is -3.22. The van der Waals surface area contributed by atoms with Crippen molar-refractivity contribution in [2.75, 3.05) is 18.4 Å². The molecule has 7 heteroatoms. The molecule has 2 aromatic heterocycles. The number of fused-ring (bicyclic) bond motifs is 2. The van der Waals surface area contributed by atoms with E-state index in [1.54, 1.807) is 0 Å². The number of benzene rings is 1. The first kappa shape index (κ1) is 17.8. The smallest absolute Gasteiger partial charge is 0.253 e. The van der Waals surface area contributed by atoms with Crippen LogP contribution in [0.15, 0.2) is 42.6 Å². The summed E-state index contributed by atoms with van der Waals surface area (Å²) in [5.41, 5.74) is 3.39. The second kappa shape index (κ2) is 7.31. The molecule has 2 aliphatic rings. The molecule has 29 heavy (non-hydrogen) atoms. The van der Waals surface area contributed by atoms with Crippen molar-refractivity contribution in [2.45, 2.75) is 38.0 Å². The number of pyridine rings is 1. The number of piperidine rings is 1. The van der Waals surface area contributed by atoms with Crippen LogP contribution in [0, 0.1) is 0 Å². The van der Waals surface area contributed by atoms with Crippen LogP contribution in [0.3, 0.4) is 0 Å². The van der Waals surface area contributed by atoms with Crippen LogP contribution in [0.5, 0.6) is 0 Å². The fourth-order valence-corrected chi connectivity index (χ4v) is 4.40. The van der Waals surface area contributed by atoms with Gasteiger partial charge >= 0.3 is 0 Å². The fraction of sp³-hybridized carbons (Fsp3) is 0.364. The third kappa shape index (κ3) is 3.37. The molecule has 2 aliphatic heterocycles. The molecule has 0 saturated carbocycles. The van der Waals surface area contributed by atoms with E-state index in [-0.39, 0.29) is 17.7 Å². The molecule has 1 unspecified atom stereocenters. The molecule has 1 atom stereocenters. The maximum absolute atomic E-state index is 13.2. The molecular weight excluding hydrogens is 366 g/mol. The van der Waals surface area contributed by atoms with Gasteiger partial charge in [-0.05, 0) is 61.6 Å². The van der Waals surface area contributed by atoms with Gasteiger partial charge in [-0.15, -0.1) is 10.2 Å². The van der Waals surface area contributed by atoms with E-state index in [0.717, 1.165) is 55.0 Å². The number of aryl methyl sites for hydroxylation is 1. The van der Waals surface area contributed by atoms with E-state index in [1.165, 1.54) is 0 Å². The summed E-state index contributed by atoms with van der Waals surface area (Å²) in [5.74, 6) is 1.18. The highest BCUT2D eigenvalue weighted by atomic mass is 16.2. The van der Waals surface area contributed by atoms with Gasteiger partial charge in [-0.1, -0.05) is 6.07 Å². The van der Waals surface area contributed by atoms with Gasteiger partial charge in [-0.2, -0.15) is 0 Å². The van der Waals surface area contributed by atoms with Crippen molar-refractivity contribution >= 4 is 23.1 Å². The van der Waals surface area contributed by atoms with Gasteiger partial charge < -0.3 is 10.2 Å². The lowest BCUT2D eigenvalue weighted by Gasteiger charge is -2.32. The third-order valence-corrected chi connectivity index (χ3v) is 5.89. The number of anilines is 1. The molecule has 0 spiro atoms. The molecule has 2 amide bonds. The molecule has 148 valence electrons. The van der Waals surface area contributed by atoms with Crippen molar-refractivity contribution in [2.24, 2.45) is 0 Å². The van der Waals surface area contributed by atoms with Crippen LogP contribution in [0.25, 0.3) is 5.65 Å². The number of hydrogen-bond acceptors (Lipinski definition) is 4. The van der Waals surface area contributed by atoms with E-state index in [1.807, 2.05) is 51.9 Å². The summed E-state index contributed by atoms with van der Waals surface area (Å²) in [7, 11) is 0. The monoisotopic (exact) mass is 389 g/mol. The largest absolute Gasteiger partial charge is 0.338 e. The van der Waals surface area contributed by atoms with Gasteiger partial charge in [0.15, 0.2) is 5.65 Å². The highest BCUT2D eigenvalue weighted by molar-refractivity contribution is 5.97. The van der Waals surface area contributed by atoms with E-state index in [2.05, 4.69) is 15.5 Å². The molecule has 0 radical (unpaired) electrons. The first-order valence-electron chi connectivity index (χ1n) is 10.2. The summed E-state index contributed by atoms with van der Waals surface area (Å²) in [5, 5.41) is 11.6. The lowest BCUT2D eigenvalue weighted by Crippen LogP contribution is -2.39. The first-order chi connectivity index (χ1) is 14.2. The Morgan fingerprint density at radius 1 is 1.10 bits per heavy atom. The highest BCUT2D eigenvalue weighted by Crippen LogP contribution is 2.28. The number of hydrogen-bond donors (Lipinski definition) is 1. The van der Waals surface area contributed by atoms with Crippen molar-refractivity contribution in [3.8, 4) is 0 Å². The van der Waals surface area contributed by atoms with Gasteiger partial charge in [0.1, 0.15) is 5.82 Å². The maximum atomic E-state index is 13.2. The molecule has 0 bridgehead atoms. The summed E-state index contributed by atoms with van der Waals surface area (Å²) in [6, 6.07) is 11.5. The van der Waals surface area contributed by atoms with Crippen LogP contribution >= 0.6 is 0 Å². The Bertz CT molecular complexity index is 1090. The molecule has 1 fully saturated rings. The zero-order valence-electron chi connectivity index (χ0n) is 16.2. The quantitative estimate of drug-likeness (QED) is 0.731. The van der Waals surface area contributed by atoms with Gasteiger partial charge in [0, 0.05) is 42.9 Å². The van der Waals surface area contributed by atoms with Crippen LogP contribution in [0.1, 0.15) is 53.3 Å². The number of rotatable bonds is 2. The normalized spacial score (nSPS) is 19.5. The van der Waals surface area contributed by atoms with E-state index >= 15 is 0 Å². The molecule has 1 aromatic carbocycles. The molecule has 0 aliphatic carbocycles. The molecule has 3 aromatic rings. The van der Waals surface area contributed by atoms with Gasteiger partial charge in [0.25, 0.3) is 5.91 Å². The standard InChI is InChI=1S/C22H23N5O2/c28-20-8-3-5-15-13-16(9-10-18(15)23-20)22(29)26-11-4-6-17(14-26)21-25-24-19-7-1-2-12-27(19)21/h1-2,7,9-10,12-13,17H,3-6,8,11,14H2,(H,23,28). The van der Waals surface area contributed by atoms with Gasteiger partial charge in [0.05, 0.1) is 0 Å². The topological polar surface area (TPSA) is 79.6 Å². The number of nitrogens with zero attached hydrogens (tertiary/aromatic N) is 4. The number of amides is 2. The Labute approximate surface area is 168 Å². The van der Waals surface area contributed by atoms with Crippen molar-refractivity contribution in [3.05, 3.63) is 59.5 Å². The van der Waals surface area contributed by atoms with Crippen LogP contribution in [0.2, 0.25) is 0 Å². The number of nitrogens with one attached hydrogen (secondary N) is 1. The van der Waals surface area contributed by atoms with Gasteiger partial charge in [-0.3, -0.25) is 14.0 Å². The van der Waals surface area contributed by atoms with E-state index < -0.39 is 0 Å². The minimum absolute atomic E-state index is 0.0434. The third-order valence-electron chi connectivity index (χ3n) is 5.89. The zero-order valence-corrected chi connectivity index (χ0v) is 16.2. The average Bonchev–Trinajstić information content (AvgIpc) is 3.09. The molecule has 1 N–H and O–H groups in total. The SMILES string of the molecule is O=C1CCCc2cc(C(=O)N3CCCC(c4nnc5ccccn45)C3)ccc2N1. The molecule has 5 rings (SSSR count). The number of aromatic nitrogens is 3. The number of likely N-dealkylation sites (tertiary alicyclic amines) is 1. The van der Waals surface area contributed by atoms with Crippen molar-refractivity contribution in [1.82, 2.24) is 19.5 Å². The van der Waals surface area contributed by atoms with E-state index in [9.17, 15) is 9.59 Å². The van der Waals surface area contributed by atoms with Crippen LogP contribution in [0.4, 0.5) is 5.69 Å². The first-order valence-corrected chi connectivity index (χ1v) is 10.2. The Kier molecular flexibility index (Phi) is 4.50. The van der Waals surface area contributed by atoms with E-state index in [4.69, 9.17) is 0 Å². The summed E-state index contributed by atoms with van der Waals surface area (Å²) >= 11 is 0. The van der Waals surface area contributed by atoms with E-state index in [0.29, 0.717) is 18.5 Å². The number of carbonyl (C=O) groups is 2. The summed E-state index contributed by atoms with van der Waals surface area (Å²) in [6.45, 7) is 1.39. The van der Waals surface area contributed by atoms with Crippen molar-refractivity contribution < 1.29 is 9.59 Å². The lowest BCUT2D eigenvalue weighted by atomic mass is 9.96. The predicted molar refractivity (Wildman–Crippen MR) is 109 cm³/mol. The van der Waals surface area contributed by atoms with Gasteiger partial charge in [0.2, 0.25) is 5.91 Å². The van der Waals surface area contributed by atoms with Crippen LogP contribution in [-0.2, 0) is 11.2 Å². The summed E-state index contributed by atoms with van der Waals surface area (Å²) in [6.07, 6.45) is 6.06. The van der Waals surface area contributed by atoms with Crippen LogP contribution in [-0.4, -0.2) is 44.4 Å². The molecular formula is C22H23N5O2. The summed E-state index contributed by atoms with van der Waals surface area (Å²) in [4.78, 5) is 26.9. The Balaban J connectivity index is 1.37. The second-order valence-electron chi connectivity index (χ2n) is 7.85. The van der Waals surface area contributed by atoms with Gasteiger partial charge in [-0.25, -0.2) is 0 Å². The minimum Gasteiger partial charge on any atom is -0.338 e. The minimum atomic E-state index is 0.0434. The number of carbonyl (C=O) groups excluding carboxylic acids is 2. The second-order valence-corrected chi connectivity index (χ2v) is 7.85. The Morgan fingerprint density at radius 2 is 2.03 bits per heavy atom. The van der Waals surface area contributed by atoms with Crippen LogP contribution < -0.4 is 5.32 Å². The fourth-order valence-electron chi connectivity index (χ4n) is 4.40. The lowest BCUT2D eigenvalue weighted by molar-refractivity contribution is -0.116. The molecule has 7 nitrogen and oxygen atoms in total. The highest BCUT2D eigenvalue weighted by Gasteiger charge is 2.29. The maximum Gasteiger partial charge on any atom is 0.253 e. The average molecular weight is 389 g/mol. The van der Waals surface area contributed by atoms with Crippen molar-refractivity contribution in [3.63, 3.8) is 0 Å². The summed E-state index contributed by atoms with van der Waals surface area (Å²) < 4.78 is 2.02.